The summed E-state index contributed by atoms with van der Waals surface area (Å²) in [5.74, 6) is 0. The van der Waals surface area contributed by atoms with Crippen molar-refractivity contribution in [3.05, 3.63) is 33.2 Å². The van der Waals surface area contributed by atoms with Gasteiger partial charge in [-0.1, -0.05) is 0 Å². The molecular formula is C10H14N2O. The highest BCUT2D eigenvalue weighted by Crippen LogP contribution is 2.21. The number of aromatic amines is 1. The third kappa shape index (κ3) is 1.40. The molecule has 70 valence electrons. The van der Waals surface area contributed by atoms with Crippen LogP contribution in [0.1, 0.15) is 29.4 Å². The van der Waals surface area contributed by atoms with Crippen molar-refractivity contribution in [3.63, 3.8) is 0 Å². The zero-order valence-electron chi connectivity index (χ0n) is 7.98. The van der Waals surface area contributed by atoms with Crippen molar-refractivity contribution in [2.75, 3.05) is 6.54 Å². The standard InChI is InChI=1S/C10H14N2O/c1-6-5-9(13)10(7(2)12-6)8-3-4-11-8/h5,8,11H,3-4H2,1-2H3,(H,12,13)/t8-/m0/s1. The Kier molecular flexibility index (Phi) is 1.96. The van der Waals surface area contributed by atoms with Gasteiger partial charge in [-0.05, 0) is 26.8 Å². The van der Waals surface area contributed by atoms with E-state index in [1.165, 1.54) is 0 Å². The zero-order chi connectivity index (χ0) is 9.42. The van der Waals surface area contributed by atoms with Gasteiger partial charge in [0.05, 0.1) is 0 Å². The molecule has 0 spiro atoms. The largest absolute Gasteiger partial charge is 0.362 e. The molecule has 1 atom stereocenters. The molecule has 1 saturated heterocycles. The molecule has 3 nitrogen and oxygen atoms in total. The lowest BCUT2D eigenvalue weighted by molar-refractivity contribution is 0.379. The van der Waals surface area contributed by atoms with Crippen LogP contribution >= 0.6 is 0 Å². The maximum atomic E-state index is 11.6. The van der Waals surface area contributed by atoms with Crippen molar-refractivity contribution < 1.29 is 0 Å². The first-order valence-corrected chi connectivity index (χ1v) is 4.62. The summed E-state index contributed by atoms with van der Waals surface area (Å²) < 4.78 is 0. The highest BCUT2D eigenvalue weighted by Gasteiger charge is 2.22. The van der Waals surface area contributed by atoms with Crippen molar-refractivity contribution in [2.45, 2.75) is 26.3 Å². The Morgan fingerprint density at radius 2 is 2.15 bits per heavy atom. The van der Waals surface area contributed by atoms with Crippen molar-refractivity contribution in [1.82, 2.24) is 10.3 Å². The van der Waals surface area contributed by atoms with E-state index in [9.17, 15) is 4.79 Å². The van der Waals surface area contributed by atoms with Crippen LogP contribution in [0.2, 0.25) is 0 Å². The highest BCUT2D eigenvalue weighted by molar-refractivity contribution is 5.26. The number of aryl methyl sites for hydroxylation is 2. The van der Waals surface area contributed by atoms with Gasteiger partial charge in [0.2, 0.25) is 0 Å². The van der Waals surface area contributed by atoms with Crippen LogP contribution in [0, 0.1) is 13.8 Å². The van der Waals surface area contributed by atoms with E-state index in [4.69, 9.17) is 0 Å². The van der Waals surface area contributed by atoms with Crippen molar-refractivity contribution >= 4 is 0 Å². The van der Waals surface area contributed by atoms with Gasteiger partial charge in [0.15, 0.2) is 5.43 Å². The van der Waals surface area contributed by atoms with E-state index >= 15 is 0 Å². The van der Waals surface area contributed by atoms with E-state index in [-0.39, 0.29) is 11.5 Å². The summed E-state index contributed by atoms with van der Waals surface area (Å²) in [6.45, 7) is 4.90. The lowest BCUT2D eigenvalue weighted by atomic mass is 9.96. The number of hydrogen-bond donors (Lipinski definition) is 2. The van der Waals surface area contributed by atoms with E-state index in [2.05, 4.69) is 10.3 Å². The molecule has 3 heteroatoms. The van der Waals surface area contributed by atoms with Gasteiger partial charge < -0.3 is 10.3 Å². The van der Waals surface area contributed by atoms with Gasteiger partial charge in [-0.2, -0.15) is 0 Å². The third-order valence-corrected chi connectivity index (χ3v) is 2.57. The van der Waals surface area contributed by atoms with Crippen LogP contribution in [0.15, 0.2) is 10.9 Å². The Hall–Kier alpha value is -1.09. The Balaban J connectivity index is 2.49. The fraction of sp³-hybridized carbons (Fsp3) is 0.500. The monoisotopic (exact) mass is 178 g/mol. The third-order valence-electron chi connectivity index (χ3n) is 2.57. The van der Waals surface area contributed by atoms with Crippen LogP contribution < -0.4 is 10.7 Å². The maximum Gasteiger partial charge on any atom is 0.186 e. The molecule has 1 aromatic rings. The van der Waals surface area contributed by atoms with Gasteiger partial charge in [0.25, 0.3) is 0 Å². The topological polar surface area (TPSA) is 44.9 Å². The SMILES string of the molecule is Cc1cc(=O)c([C@@H]2CCN2)c(C)[nH]1. The van der Waals surface area contributed by atoms with Gasteiger partial charge in [0.1, 0.15) is 0 Å². The molecule has 2 N–H and O–H groups in total. The second-order valence-electron chi connectivity index (χ2n) is 3.65. The zero-order valence-corrected chi connectivity index (χ0v) is 7.98. The summed E-state index contributed by atoms with van der Waals surface area (Å²) in [6.07, 6.45) is 1.08. The summed E-state index contributed by atoms with van der Waals surface area (Å²) in [6, 6.07) is 1.95. The molecule has 13 heavy (non-hydrogen) atoms. The van der Waals surface area contributed by atoms with E-state index in [1.54, 1.807) is 6.07 Å². The van der Waals surface area contributed by atoms with Crippen LogP contribution in [-0.4, -0.2) is 11.5 Å². The normalized spacial score (nSPS) is 21.2. The molecule has 0 saturated carbocycles. The average molecular weight is 178 g/mol. The van der Waals surface area contributed by atoms with Crippen LogP contribution in [-0.2, 0) is 0 Å². The van der Waals surface area contributed by atoms with Crippen molar-refractivity contribution in [1.29, 1.82) is 0 Å². The molecular weight excluding hydrogens is 164 g/mol. The predicted octanol–water partition coefficient (Wildman–Crippen LogP) is 1.03. The molecule has 2 heterocycles. The summed E-state index contributed by atoms with van der Waals surface area (Å²) in [5.41, 5.74) is 3.01. The minimum absolute atomic E-state index is 0.158. The van der Waals surface area contributed by atoms with Gasteiger partial charge in [-0.25, -0.2) is 0 Å². The first-order chi connectivity index (χ1) is 6.18. The molecule has 1 aromatic heterocycles. The van der Waals surface area contributed by atoms with E-state index in [0.717, 1.165) is 29.9 Å². The summed E-state index contributed by atoms with van der Waals surface area (Å²) in [7, 11) is 0. The highest BCUT2D eigenvalue weighted by atomic mass is 16.1. The second-order valence-corrected chi connectivity index (χ2v) is 3.65. The molecule has 1 aliphatic heterocycles. The Bertz CT molecular complexity index is 377. The lowest BCUT2D eigenvalue weighted by Crippen LogP contribution is -2.38. The first-order valence-electron chi connectivity index (χ1n) is 4.62. The first kappa shape index (κ1) is 8.51. The fourth-order valence-electron chi connectivity index (χ4n) is 1.83. The Morgan fingerprint density at radius 1 is 1.46 bits per heavy atom. The molecule has 0 amide bonds. The van der Waals surface area contributed by atoms with Crippen LogP contribution in [0.5, 0.6) is 0 Å². The molecule has 0 bridgehead atoms. The Labute approximate surface area is 77.2 Å². The quantitative estimate of drug-likeness (QED) is 0.674. The molecule has 1 fully saturated rings. The molecule has 0 aliphatic carbocycles. The van der Waals surface area contributed by atoms with Gasteiger partial charge in [-0.3, -0.25) is 4.79 Å². The summed E-state index contributed by atoms with van der Waals surface area (Å²) in [5, 5.41) is 3.24. The number of aromatic nitrogens is 1. The van der Waals surface area contributed by atoms with Gasteiger partial charge in [0, 0.05) is 29.1 Å². The van der Waals surface area contributed by atoms with E-state index in [0.29, 0.717) is 0 Å². The van der Waals surface area contributed by atoms with E-state index < -0.39 is 0 Å². The lowest BCUT2D eigenvalue weighted by Gasteiger charge is -2.28. The average Bonchev–Trinajstić information content (AvgIpc) is 1.92. The molecule has 2 rings (SSSR count). The molecule has 0 aromatic carbocycles. The Morgan fingerprint density at radius 3 is 2.62 bits per heavy atom. The van der Waals surface area contributed by atoms with Gasteiger partial charge in [-0.15, -0.1) is 0 Å². The minimum Gasteiger partial charge on any atom is -0.362 e. The molecule has 0 radical (unpaired) electrons. The van der Waals surface area contributed by atoms with Crippen LogP contribution in [0.3, 0.4) is 0 Å². The number of H-pyrrole nitrogens is 1. The maximum absolute atomic E-state index is 11.6. The number of nitrogens with one attached hydrogen (secondary N) is 2. The fourth-order valence-corrected chi connectivity index (χ4v) is 1.83. The summed E-state index contributed by atoms with van der Waals surface area (Å²) in [4.78, 5) is 14.8. The smallest absolute Gasteiger partial charge is 0.186 e. The summed E-state index contributed by atoms with van der Waals surface area (Å²) >= 11 is 0. The van der Waals surface area contributed by atoms with Crippen LogP contribution in [0.25, 0.3) is 0 Å². The van der Waals surface area contributed by atoms with Crippen molar-refractivity contribution in [3.8, 4) is 0 Å². The number of rotatable bonds is 1. The van der Waals surface area contributed by atoms with Gasteiger partial charge >= 0.3 is 0 Å². The number of hydrogen-bond acceptors (Lipinski definition) is 2. The molecule has 0 unspecified atom stereocenters. The molecule has 1 aliphatic rings. The predicted molar refractivity (Wildman–Crippen MR) is 51.9 cm³/mol. The minimum atomic E-state index is 0.158. The van der Waals surface area contributed by atoms with Crippen molar-refractivity contribution in [2.24, 2.45) is 0 Å². The van der Waals surface area contributed by atoms with E-state index in [1.807, 2.05) is 13.8 Å². The number of pyridine rings is 1. The second kappa shape index (κ2) is 3.00. The van der Waals surface area contributed by atoms with Crippen LogP contribution in [0.4, 0.5) is 0 Å².